The summed E-state index contributed by atoms with van der Waals surface area (Å²) < 4.78 is 18.1. The SMILES string of the molecule is O=C1C(=O)N(c2nc3ccc(Cl)cc3s2)[C@H](c2cccc(OCc3ccccc3)c2)C1=C(O)c1ccc2c(c1)OCCO2. The average molecular weight is 611 g/mol. The molecule has 1 amide bonds. The number of hydrogen-bond acceptors (Lipinski definition) is 8. The second kappa shape index (κ2) is 11.1. The quantitative estimate of drug-likeness (QED) is 0.126. The first-order valence-corrected chi connectivity index (χ1v) is 14.7. The van der Waals surface area contributed by atoms with Gasteiger partial charge in [-0.3, -0.25) is 14.5 Å². The van der Waals surface area contributed by atoms with Gasteiger partial charge < -0.3 is 19.3 Å². The summed E-state index contributed by atoms with van der Waals surface area (Å²) in [4.78, 5) is 33.4. The minimum absolute atomic E-state index is 0.0702. The predicted molar refractivity (Wildman–Crippen MR) is 164 cm³/mol. The molecule has 0 spiro atoms. The maximum atomic E-state index is 13.7. The number of carbonyl (C=O) groups is 2. The van der Waals surface area contributed by atoms with E-state index in [4.69, 9.17) is 25.8 Å². The van der Waals surface area contributed by atoms with Crippen molar-refractivity contribution in [3.63, 3.8) is 0 Å². The molecule has 8 nitrogen and oxygen atoms in total. The fourth-order valence-electron chi connectivity index (χ4n) is 5.20. The average Bonchev–Trinajstić information content (AvgIpc) is 3.57. The monoisotopic (exact) mass is 610 g/mol. The number of rotatable bonds is 6. The van der Waals surface area contributed by atoms with Crippen LogP contribution in [0.5, 0.6) is 17.2 Å². The van der Waals surface area contributed by atoms with E-state index in [0.29, 0.717) is 63.9 Å². The normalized spacial score (nSPS) is 17.4. The number of aliphatic hydroxyl groups excluding tert-OH is 1. The summed E-state index contributed by atoms with van der Waals surface area (Å²) in [6.07, 6.45) is 0. The van der Waals surface area contributed by atoms with Gasteiger partial charge >= 0.3 is 5.91 Å². The molecule has 1 atom stereocenters. The van der Waals surface area contributed by atoms with Gasteiger partial charge in [-0.05, 0) is 59.7 Å². The van der Waals surface area contributed by atoms with Crippen molar-refractivity contribution in [2.45, 2.75) is 12.6 Å². The van der Waals surface area contributed by atoms with E-state index in [9.17, 15) is 14.7 Å². The highest BCUT2D eigenvalue weighted by molar-refractivity contribution is 7.22. The summed E-state index contributed by atoms with van der Waals surface area (Å²) in [5.41, 5.74) is 2.45. The minimum Gasteiger partial charge on any atom is -0.507 e. The van der Waals surface area contributed by atoms with E-state index in [1.165, 1.54) is 16.2 Å². The molecule has 2 aliphatic heterocycles. The summed E-state index contributed by atoms with van der Waals surface area (Å²) in [6, 6.07) is 26.1. The summed E-state index contributed by atoms with van der Waals surface area (Å²) >= 11 is 7.45. The topological polar surface area (TPSA) is 98.2 Å². The molecule has 0 saturated carbocycles. The molecule has 1 aromatic heterocycles. The lowest BCUT2D eigenvalue weighted by Gasteiger charge is -2.24. The molecular formula is C33H23ClN2O6S. The number of fused-ring (bicyclic) bond motifs is 2. The molecule has 214 valence electrons. The Morgan fingerprint density at radius 2 is 1.77 bits per heavy atom. The number of amides is 1. The van der Waals surface area contributed by atoms with Gasteiger partial charge in [0.05, 0.1) is 21.8 Å². The Morgan fingerprint density at radius 3 is 2.60 bits per heavy atom. The fourth-order valence-corrected chi connectivity index (χ4v) is 6.46. The largest absolute Gasteiger partial charge is 0.507 e. The highest BCUT2D eigenvalue weighted by atomic mass is 35.5. The van der Waals surface area contributed by atoms with Gasteiger partial charge in [-0.2, -0.15) is 0 Å². The van der Waals surface area contributed by atoms with E-state index >= 15 is 0 Å². The number of hydrogen-bond donors (Lipinski definition) is 1. The van der Waals surface area contributed by atoms with Crippen LogP contribution in [-0.2, 0) is 16.2 Å². The third kappa shape index (κ3) is 5.07. The van der Waals surface area contributed by atoms with Crippen molar-refractivity contribution in [2.75, 3.05) is 18.1 Å². The van der Waals surface area contributed by atoms with Crippen molar-refractivity contribution in [2.24, 2.45) is 0 Å². The summed E-state index contributed by atoms with van der Waals surface area (Å²) in [6.45, 7) is 1.11. The van der Waals surface area contributed by atoms with Gasteiger partial charge in [0, 0.05) is 10.6 Å². The highest BCUT2D eigenvalue weighted by Crippen LogP contribution is 2.45. The maximum Gasteiger partial charge on any atom is 0.301 e. The molecule has 3 heterocycles. The van der Waals surface area contributed by atoms with Crippen molar-refractivity contribution in [1.82, 2.24) is 4.98 Å². The number of nitrogens with zero attached hydrogens (tertiary/aromatic N) is 2. The molecule has 0 radical (unpaired) electrons. The molecule has 0 bridgehead atoms. The molecule has 10 heteroatoms. The summed E-state index contributed by atoms with van der Waals surface area (Å²) in [5, 5.41) is 12.5. The molecule has 0 unspecified atom stereocenters. The van der Waals surface area contributed by atoms with Crippen LogP contribution in [0.3, 0.4) is 0 Å². The molecule has 1 saturated heterocycles. The summed E-state index contributed by atoms with van der Waals surface area (Å²) in [5.74, 6) is -0.434. The third-order valence-corrected chi connectivity index (χ3v) is 8.48. The van der Waals surface area contributed by atoms with E-state index in [1.54, 1.807) is 60.7 Å². The zero-order chi connectivity index (χ0) is 29.5. The van der Waals surface area contributed by atoms with Crippen LogP contribution in [-0.4, -0.2) is 35.0 Å². The molecule has 4 aromatic carbocycles. The van der Waals surface area contributed by atoms with Crippen molar-refractivity contribution < 1.29 is 28.9 Å². The number of Topliss-reactive ketones (excluding diaryl/α,β-unsaturated/α-hetero) is 1. The third-order valence-electron chi connectivity index (χ3n) is 7.23. The smallest absolute Gasteiger partial charge is 0.301 e. The van der Waals surface area contributed by atoms with Crippen molar-refractivity contribution in [3.05, 3.63) is 118 Å². The number of anilines is 1. The van der Waals surface area contributed by atoms with Gasteiger partial charge in [-0.25, -0.2) is 4.98 Å². The first-order chi connectivity index (χ1) is 21.0. The van der Waals surface area contributed by atoms with Gasteiger partial charge in [0.15, 0.2) is 16.6 Å². The second-order valence-electron chi connectivity index (χ2n) is 9.98. The number of ether oxygens (including phenoxy) is 3. The zero-order valence-electron chi connectivity index (χ0n) is 22.5. The molecule has 0 aliphatic carbocycles. The Morgan fingerprint density at radius 1 is 0.953 bits per heavy atom. The van der Waals surface area contributed by atoms with E-state index in [1.807, 2.05) is 30.3 Å². The van der Waals surface area contributed by atoms with Gasteiger partial charge in [0.2, 0.25) is 0 Å². The first-order valence-electron chi connectivity index (χ1n) is 13.5. The van der Waals surface area contributed by atoms with Crippen molar-refractivity contribution >= 4 is 55.7 Å². The second-order valence-corrected chi connectivity index (χ2v) is 11.4. The van der Waals surface area contributed by atoms with E-state index in [0.717, 1.165) is 10.3 Å². The Labute approximate surface area is 255 Å². The maximum absolute atomic E-state index is 13.7. The number of ketones is 1. The predicted octanol–water partition coefficient (Wildman–Crippen LogP) is 6.93. The van der Waals surface area contributed by atoms with Gasteiger partial charge in [-0.1, -0.05) is 65.4 Å². The number of thiazole rings is 1. The highest BCUT2D eigenvalue weighted by Gasteiger charge is 2.48. The number of halogens is 1. The Hall–Kier alpha value is -4.86. The van der Waals surface area contributed by atoms with Crippen LogP contribution in [0, 0.1) is 0 Å². The first kappa shape index (κ1) is 27.0. The Kier molecular flexibility index (Phi) is 6.96. The molecule has 1 N–H and O–H groups in total. The molecule has 5 aromatic rings. The van der Waals surface area contributed by atoms with E-state index in [2.05, 4.69) is 4.98 Å². The summed E-state index contributed by atoms with van der Waals surface area (Å²) in [7, 11) is 0. The van der Waals surface area contributed by atoms with Crippen LogP contribution < -0.4 is 19.1 Å². The lowest BCUT2D eigenvalue weighted by molar-refractivity contribution is -0.132. The minimum atomic E-state index is -0.982. The van der Waals surface area contributed by atoms with Crippen molar-refractivity contribution in [3.8, 4) is 17.2 Å². The van der Waals surface area contributed by atoms with Gasteiger partial charge in [0.25, 0.3) is 5.78 Å². The van der Waals surface area contributed by atoms with Crippen LogP contribution >= 0.6 is 22.9 Å². The number of aliphatic hydroxyl groups is 1. The van der Waals surface area contributed by atoms with Crippen LogP contribution in [0.1, 0.15) is 22.7 Å². The van der Waals surface area contributed by atoms with Gasteiger partial charge in [-0.15, -0.1) is 0 Å². The molecule has 43 heavy (non-hydrogen) atoms. The Balaban J connectivity index is 1.35. The van der Waals surface area contributed by atoms with E-state index < -0.39 is 17.7 Å². The Bertz CT molecular complexity index is 1920. The van der Waals surface area contributed by atoms with Crippen LogP contribution in [0.4, 0.5) is 5.13 Å². The lowest BCUT2D eigenvalue weighted by Crippen LogP contribution is -2.29. The molecular weight excluding hydrogens is 588 g/mol. The van der Waals surface area contributed by atoms with E-state index in [-0.39, 0.29) is 11.3 Å². The van der Waals surface area contributed by atoms with Gasteiger partial charge in [0.1, 0.15) is 31.3 Å². The van der Waals surface area contributed by atoms with Crippen LogP contribution in [0.25, 0.3) is 16.0 Å². The zero-order valence-corrected chi connectivity index (χ0v) is 24.1. The fraction of sp³-hybridized carbons (Fsp3) is 0.121. The standard InChI is InChI=1S/C33H23ClN2O6S/c34-22-10-11-24-27(17-22)43-33(35-24)36-29(20-7-4-8-23(15-20)42-18-19-5-2-1-3-6-19)28(31(38)32(36)39)30(37)21-9-12-25-26(16-21)41-14-13-40-25/h1-12,15-17,29,37H,13-14,18H2/t29-/m1/s1. The lowest BCUT2D eigenvalue weighted by atomic mass is 9.95. The molecule has 7 rings (SSSR count). The van der Waals surface area contributed by atoms with Crippen LogP contribution in [0.2, 0.25) is 5.02 Å². The molecule has 2 aliphatic rings. The van der Waals surface area contributed by atoms with Crippen LogP contribution in [0.15, 0.2) is 96.6 Å². The number of carbonyl (C=O) groups excluding carboxylic acids is 2. The molecule has 1 fully saturated rings. The van der Waals surface area contributed by atoms with Crippen molar-refractivity contribution in [1.29, 1.82) is 0 Å². The number of benzene rings is 4. The number of aromatic nitrogens is 1.